The van der Waals surface area contributed by atoms with E-state index in [0.29, 0.717) is 5.92 Å². The number of carbonyl (C=O) groups is 1. The maximum atomic E-state index is 13.4. The minimum absolute atomic E-state index is 0.0156. The normalized spacial score (nSPS) is 24.6. The summed E-state index contributed by atoms with van der Waals surface area (Å²) >= 11 is 0. The third-order valence-electron chi connectivity index (χ3n) is 3.53. The zero-order chi connectivity index (χ0) is 11.5. The first-order valence-corrected chi connectivity index (χ1v) is 5.86. The second-order valence-electron chi connectivity index (χ2n) is 4.50. The smallest absolute Gasteiger partial charge is 0.169 e. The van der Waals surface area contributed by atoms with Crippen molar-refractivity contribution in [2.24, 2.45) is 11.8 Å². The van der Waals surface area contributed by atoms with Crippen LogP contribution in [0.3, 0.4) is 0 Å². The molecule has 3 heteroatoms. The monoisotopic (exact) mass is 221 g/mol. The van der Waals surface area contributed by atoms with Gasteiger partial charge in [0, 0.05) is 12.1 Å². The summed E-state index contributed by atoms with van der Waals surface area (Å²) < 4.78 is 13.4. The zero-order valence-electron chi connectivity index (χ0n) is 9.45. The Balaban J connectivity index is 2.12. The molecule has 86 valence electrons. The Kier molecular flexibility index (Phi) is 3.32. The molecule has 0 aromatic carbocycles. The molecule has 0 radical (unpaired) electrons. The second-order valence-corrected chi connectivity index (χ2v) is 4.50. The van der Waals surface area contributed by atoms with E-state index in [1.165, 1.54) is 12.3 Å². The maximum Gasteiger partial charge on any atom is 0.169 e. The molecule has 1 aliphatic carbocycles. The summed E-state index contributed by atoms with van der Waals surface area (Å²) in [5, 5.41) is 0. The van der Waals surface area contributed by atoms with Crippen LogP contribution >= 0.6 is 0 Å². The quantitative estimate of drug-likeness (QED) is 0.733. The van der Waals surface area contributed by atoms with E-state index in [1.807, 2.05) is 0 Å². The first-order chi connectivity index (χ1) is 7.72. The van der Waals surface area contributed by atoms with Crippen molar-refractivity contribution in [3.8, 4) is 0 Å². The number of hydrogen-bond acceptors (Lipinski definition) is 2. The number of Topliss-reactive ketones (excluding diaryl/α,β-unsaturated/α-hetero) is 1. The van der Waals surface area contributed by atoms with Crippen molar-refractivity contribution in [1.29, 1.82) is 0 Å². The lowest BCUT2D eigenvalue weighted by Crippen LogP contribution is -2.13. The Morgan fingerprint density at radius 3 is 3.00 bits per heavy atom. The van der Waals surface area contributed by atoms with E-state index in [1.54, 1.807) is 0 Å². The predicted octanol–water partition coefficient (Wildman–Crippen LogP) is 3.23. The number of pyridine rings is 1. The highest BCUT2D eigenvalue weighted by Crippen LogP contribution is 2.35. The Bertz CT molecular complexity index is 391. The molecular formula is C13H16FNO. The zero-order valence-corrected chi connectivity index (χ0v) is 9.45. The third kappa shape index (κ3) is 2.13. The molecule has 1 aromatic rings. The summed E-state index contributed by atoms with van der Waals surface area (Å²) in [5.74, 6) is 0.115. The highest BCUT2D eigenvalue weighted by Gasteiger charge is 2.30. The van der Waals surface area contributed by atoms with E-state index in [0.717, 1.165) is 31.9 Å². The average molecular weight is 221 g/mol. The molecule has 0 spiro atoms. The Labute approximate surface area is 94.9 Å². The highest BCUT2D eigenvalue weighted by molar-refractivity contribution is 5.98. The summed E-state index contributed by atoms with van der Waals surface area (Å²) in [6, 6.07) is 1.48. The van der Waals surface area contributed by atoms with Crippen LogP contribution in [-0.4, -0.2) is 10.8 Å². The summed E-state index contributed by atoms with van der Waals surface area (Å²) in [7, 11) is 0. The van der Waals surface area contributed by atoms with Crippen LogP contribution in [0.25, 0.3) is 0 Å². The molecule has 1 heterocycles. The molecule has 1 aromatic heterocycles. The van der Waals surface area contributed by atoms with Gasteiger partial charge in [0.2, 0.25) is 0 Å². The van der Waals surface area contributed by atoms with Crippen molar-refractivity contribution >= 4 is 5.78 Å². The molecule has 0 saturated heterocycles. The van der Waals surface area contributed by atoms with Crippen LogP contribution in [0.4, 0.5) is 4.39 Å². The van der Waals surface area contributed by atoms with Gasteiger partial charge in [0.15, 0.2) is 11.6 Å². The molecule has 1 aliphatic rings. The van der Waals surface area contributed by atoms with Crippen LogP contribution in [0, 0.1) is 17.7 Å². The molecular weight excluding hydrogens is 205 g/mol. The summed E-state index contributed by atoms with van der Waals surface area (Å²) in [6.45, 7) is 2.14. The summed E-state index contributed by atoms with van der Waals surface area (Å²) in [5.41, 5.74) is 0.205. The Morgan fingerprint density at radius 1 is 1.56 bits per heavy atom. The highest BCUT2D eigenvalue weighted by atomic mass is 19.1. The van der Waals surface area contributed by atoms with Gasteiger partial charge in [-0.05, 0) is 31.2 Å². The average Bonchev–Trinajstić information content (AvgIpc) is 2.77. The fraction of sp³-hybridized carbons (Fsp3) is 0.538. The number of nitrogens with zero attached hydrogens (tertiary/aromatic N) is 1. The van der Waals surface area contributed by atoms with Crippen molar-refractivity contribution in [1.82, 2.24) is 4.98 Å². The van der Waals surface area contributed by atoms with E-state index in [9.17, 15) is 9.18 Å². The number of halogens is 1. The molecule has 2 atom stereocenters. The molecule has 16 heavy (non-hydrogen) atoms. The largest absolute Gasteiger partial charge is 0.294 e. The van der Waals surface area contributed by atoms with Crippen molar-refractivity contribution in [2.45, 2.75) is 32.6 Å². The van der Waals surface area contributed by atoms with Crippen LogP contribution in [0.1, 0.15) is 43.0 Å². The Morgan fingerprint density at radius 2 is 2.38 bits per heavy atom. The van der Waals surface area contributed by atoms with Crippen LogP contribution in [0.2, 0.25) is 0 Å². The number of rotatable bonds is 3. The molecule has 0 N–H and O–H groups in total. The van der Waals surface area contributed by atoms with Gasteiger partial charge in [0.05, 0.1) is 11.8 Å². The van der Waals surface area contributed by atoms with E-state index >= 15 is 0 Å². The van der Waals surface area contributed by atoms with Crippen molar-refractivity contribution in [3.63, 3.8) is 0 Å². The molecule has 2 unspecified atom stereocenters. The Hall–Kier alpha value is -1.25. The van der Waals surface area contributed by atoms with Gasteiger partial charge in [0.25, 0.3) is 0 Å². The van der Waals surface area contributed by atoms with Crippen molar-refractivity contribution in [3.05, 3.63) is 29.8 Å². The van der Waals surface area contributed by atoms with Gasteiger partial charge in [0.1, 0.15) is 0 Å². The van der Waals surface area contributed by atoms with Crippen LogP contribution in [0.5, 0.6) is 0 Å². The lowest BCUT2D eigenvalue weighted by Gasteiger charge is -2.09. The fourth-order valence-electron chi connectivity index (χ4n) is 2.48. The minimum atomic E-state index is -0.493. The van der Waals surface area contributed by atoms with Crippen LogP contribution in [0.15, 0.2) is 18.5 Å². The van der Waals surface area contributed by atoms with E-state index in [-0.39, 0.29) is 17.3 Å². The number of aromatic nitrogens is 1. The first-order valence-electron chi connectivity index (χ1n) is 5.86. The van der Waals surface area contributed by atoms with Crippen LogP contribution in [-0.2, 0) is 0 Å². The predicted molar refractivity (Wildman–Crippen MR) is 59.6 cm³/mol. The van der Waals surface area contributed by atoms with E-state index in [4.69, 9.17) is 0 Å². The van der Waals surface area contributed by atoms with Gasteiger partial charge >= 0.3 is 0 Å². The molecule has 0 bridgehead atoms. The van der Waals surface area contributed by atoms with E-state index in [2.05, 4.69) is 11.9 Å². The molecule has 1 saturated carbocycles. The fourth-order valence-corrected chi connectivity index (χ4v) is 2.48. The SMILES string of the molecule is CCC1CCC(C(=O)c2ccncc2F)C1. The molecule has 2 rings (SSSR count). The molecule has 0 aliphatic heterocycles. The van der Waals surface area contributed by atoms with Crippen molar-refractivity contribution < 1.29 is 9.18 Å². The summed E-state index contributed by atoms with van der Waals surface area (Å²) in [6.07, 6.45) is 6.61. The van der Waals surface area contributed by atoms with E-state index < -0.39 is 5.82 Å². The molecule has 2 nitrogen and oxygen atoms in total. The number of carbonyl (C=O) groups excluding carboxylic acids is 1. The third-order valence-corrected chi connectivity index (χ3v) is 3.53. The lowest BCUT2D eigenvalue weighted by molar-refractivity contribution is 0.0915. The van der Waals surface area contributed by atoms with Crippen LogP contribution < -0.4 is 0 Å². The lowest BCUT2D eigenvalue weighted by atomic mass is 9.95. The second kappa shape index (κ2) is 4.73. The van der Waals surface area contributed by atoms with Gasteiger partial charge in [-0.15, -0.1) is 0 Å². The molecule has 0 amide bonds. The van der Waals surface area contributed by atoms with Gasteiger partial charge in [-0.1, -0.05) is 13.3 Å². The minimum Gasteiger partial charge on any atom is -0.294 e. The van der Waals surface area contributed by atoms with Crippen molar-refractivity contribution in [2.75, 3.05) is 0 Å². The van der Waals surface area contributed by atoms with Gasteiger partial charge < -0.3 is 0 Å². The first kappa shape index (κ1) is 11.2. The van der Waals surface area contributed by atoms with Gasteiger partial charge in [-0.3, -0.25) is 9.78 Å². The number of ketones is 1. The van der Waals surface area contributed by atoms with Gasteiger partial charge in [-0.25, -0.2) is 4.39 Å². The maximum absolute atomic E-state index is 13.4. The van der Waals surface area contributed by atoms with Gasteiger partial charge in [-0.2, -0.15) is 0 Å². The topological polar surface area (TPSA) is 30.0 Å². The summed E-state index contributed by atoms with van der Waals surface area (Å²) in [4.78, 5) is 15.7. The molecule has 1 fully saturated rings. The standard InChI is InChI=1S/C13H16FNO/c1-2-9-3-4-10(7-9)13(16)11-5-6-15-8-12(11)14/h5-6,8-10H,2-4,7H2,1H3. The number of hydrogen-bond donors (Lipinski definition) is 0.